The van der Waals surface area contributed by atoms with E-state index in [9.17, 15) is 4.79 Å². The quantitative estimate of drug-likeness (QED) is 0.753. The van der Waals surface area contributed by atoms with Crippen LogP contribution < -0.4 is 5.32 Å². The highest BCUT2D eigenvalue weighted by atomic mass is 35.5. The van der Waals surface area contributed by atoms with Gasteiger partial charge in [0.1, 0.15) is 0 Å². The zero-order chi connectivity index (χ0) is 16.9. The molecule has 0 saturated carbocycles. The van der Waals surface area contributed by atoms with Gasteiger partial charge in [-0.1, -0.05) is 29.3 Å². The molecule has 0 fully saturated rings. The molecule has 0 bridgehead atoms. The predicted octanol–water partition coefficient (Wildman–Crippen LogP) is 4.38. The Kier molecular flexibility index (Phi) is 5.08. The van der Waals surface area contributed by atoms with Gasteiger partial charge in [-0.05, 0) is 42.0 Å². The number of nitrogens with zero attached hydrogens (tertiary/aromatic N) is 2. The van der Waals surface area contributed by atoms with E-state index in [0.717, 1.165) is 16.8 Å². The molecule has 4 nitrogen and oxygen atoms in total. The summed E-state index contributed by atoms with van der Waals surface area (Å²) in [6.45, 7) is 0.337. The zero-order valence-electron chi connectivity index (χ0n) is 12.5. The lowest BCUT2D eigenvalue weighted by Crippen LogP contribution is -2.23. The van der Waals surface area contributed by atoms with Crippen LogP contribution in [0.15, 0.2) is 61.1 Å². The Bertz CT molecular complexity index is 869. The van der Waals surface area contributed by atoms with E-state index < -0.39 is 0 Å². The molecule has 0 saturated heterocycles. The van der Waals surface area contributed by atoms with E-state index in [1.807, 2.05) is 24.3 Å². The summed E-state index contributed by atoms with van der Waals surface area (Å²) in [4.78, 5) is 20.7. The number of pyridine rings is 2. The van der Waals surface area contributed by atoms with Crippen molar-refractivity contribution < 1.29 is 4.79 Å². The fraction of sp³-hybridized carbons (Fsp3) is 0.0556. The number of carbonyl (C=O) groups excluding carboxylic acids is 1. The van der Waals surface area contributed by atoms with Crippen molar-refractivity contribution in [3.05, 3.63) is 82.2 Å². The molecular formula is C18H13Cl2N3O. The summed E-state index contributed by atoms with van der Waals surface area (Å²) in [5, 5.41) is 3.67. The third kappa shape index (κ3) is 3.72. The lowest BCUT2D eigenvalue weighted by atomic mass is 10.1. The topological polar surface area (TPSA) is 54.9 Å². The average molecular weight is 358 g/mol. The first-order valence-corrected chi connectivity index (χ1v) is 7.98. The van der Waals surface area contributed by atoms with Gasteiger partial charge in [0.2, 0.25) is 0 Å². The monoisotopic (exact) mass is 357 g/mol. The Balaban J connectivity index is 1.79. The van der Waals surface area contributed by atoms with E-state index in [1.165, 1.54) is 0 Å². The molecular weight excluding hydrogens is 345 g/mol. The lowest BCUT2D eigenvalue weighted by Gasteiger charge is -2.10. The molecule has 0 aliphatic heterocycles. The smallest absolute Gasteiger partial charge is 0.253 e. The molecule has 1 N–H and O–H groups in total. The third-order valence-electron chi connectivity index (χ3n) is 3.46. The van der Waals surface area contributed by atoms with Crippen LogP contribution >= 0.6 is 23.2 Å². The predicted molar refractivity (Wildman–Crippen MR) is 95.1 cm³/mol. The van der Waals surface area contributed by atoms with Gasteiger partial charge in [0.15, 0.2) is 0 Å². The van der Waals surface area contributed by atoms with Crippen LogP contribution in [0.5, 0.6) is 0 Å². The van der Waals surface area contributed by atoms with Crippen LogP contribution in [0.1, 0.15) is 15.9 Å². The minimum absolute atomic E-state index is 0.263. The number of hydrogen-bond acceptors (Lipinski definition) is 3. The molecule has 3 rings (SSSR count). The molecule has 0 radical (unpaired) electrons. The highest BCUT2D eigenvalue weighted by Gasteiger charge is 2.12. The fourth-order valence-corrected chi connectivity index (χ4v) is 2.79. The standard InChI is InChI=1S/C18H13Cl2N3O/c19-14-3-4-15(16(20)10-14)18(24)23-11-13-2-1-7-22-17(13)12-5-8-21-9-6-12/h1-10H,11H2,(H,23,24). The van der Waals surface area contributed by atoms with Crippen LogP contribution in [0, 0.1) is 0 Å². The van der Waals surface area contributed by atoms with Crippen LogP contribution in [0.25, 0.3) is 11.3 Å². The molecule has 0 unspecified atom stereocenters. The van der Waals surface area contributed by atoms with Crippen molar-refractivity contribution in [2.45, 2.75) is 6.54 Å². The van der Waals surface area contributed by atoms with Gasteiger partial charge in [0, 0.05) is 35.7 Å². The molecule has 1 amide bonds. The molecule has 0 spiro atoms. The van der Waals surface area contributed by atoms with E-state index in [0.29, 0.717) is 22.2 Å². The summed E-state index contributed by atoms with van der Waals surface area (Å²) in [5.41, 5.74) is 3.04. The van der Waals surface area contributed by atoms with E-state index in [-0.39, 0.29) is 5.91 Å². The first-order valence-electron chi connectivity index (χ1n) is 7.22. The molecule has 3 aromatic rings. The van der Waals surface area contributed by atoms with Crippen LogP contribution in [-0.4, -0.2) is 15.9 Å². The fourth-order valence-electron chi connectivity index (χ4n) is 2.30. The van der Waals surface area contributed by atoms with Crippen molar-refractivity contribution in [1.82, 2.24) is 15.3 Å². The van der Waals surface area contributed by atoms with Crippen LogP contribution in [0.4, 0.5) is 0 Å². The Morgan fingerprint density at radius 2 is 1.83 bits per heavy atom. The maximum atomic E-state index is 12.3. The molecule has 24 heavy (non-hydrogen) atoms. The molecule has 0 atom stereocenters. The molecule has 0 aliphatic rings. The van der Waals surface area contributed by atoms with Gasteiger partial charge < -0.3 is 5.32 Å². The van der Waals surface area contributed by atoms with Crippen LogP contribution in [-0.2, 0) is 6.54 Å². The average Bonchev–Trinajstić information content (AvgIpc) is 2.61. The second kappa shape index (κ2) is 7.43. The van der Waals surface area contributed by atoms with Gasteiger partial charge in [-0.2, -0.15) is 0 Å². The summed E-state index contributed by atoms with van der Waals surface area (Å²) in [6.07, 6.45) is 5.14. The van der Waals surface area contributed by atoms with E-state index in [2.05, 4.69) is 15.3 Å². The number of hydrogen-bond donors (Lipinski definition) is 1. The number of amides is 1. The van der Waals surface area contributed by atoms with E-state index in [1.54, 1.807) is 36.8 Å². The maximum absolute atomic E-state index is 12.3. The van der Waals surface area contributed by atoms with Crippen LogP contribution in [0.2, 0.25) is 10.0 Å². The van der Waals surface area contributed by atoms with Crippen molar-refractivity contribution in [1.29, 1.82) is 0 Å². The van der Waals surface area contributed by atoms with Crippen LogP contribution in [0.3, 0.4) is 0 Å². The lowest BCUT2D eigenvalue weighted by molar-refractivity contribution is 0.0951. The second-order valence-electron chi connectivity index (χ2n) is 5.05. The normalized spacial score (nSPS) is 10.4. The highest BCUT2D eigenvalue weighted by molar-refractivity contribution is 6.36. The minimum Gasteiger partial charge on any atom is -0.348 e. The number of aromatic nitrogens is 2. The SMILES string of the molecule is O=C(NCc1cccnc1-c1ccncc1)c1ccc(Cl)cc1Cl. The van der Waals surface area contributed by atoms with Gasteiger partial charge in [-0.15, -0.1) is 0 Å². The summed E-state index contributed by atoms with van der Waals surface area (Å²) in [5.74, 6) is -0.263. The number of halogens is 2. The van der Waals surface area contributed by atoms with Gasteiger partial charge in [0.25, 0.3) is 5.91 Å². The number of nitrogens with one attached hydrogen (secondary N) is 1. The Hall–Kier alpha value is -2.43. The molecule has 2 aromatic heterocycles. The van der Waals surface area contributed by atoms with E-state index in [4.69, 9.17) is 23.2 Å². The van der Waals surface area contributed by atoms with Crippen molar-refractivity contribution in [2.75, 3.05) is 0 Å². The first kappa shape index (κ1) is 16.4. The molecule has 2 heterocycles. The second-order valence-corrected chi connectivity index (χ2v) is 5.90. The van der Waals surface area contributed by atoms with Crippen molar-refractivity contribution in [3.8, 4) is 11.3 Å². The largest absolute Gasteiger partial charge is 0.348 e. The van der Waals surface area contributed by atoms with Gasteiger partial charge >= 0.3 is 0 Å². The summed E-state index contributed by atoms with van der Waals surface area (Å²) in [6, 6.07) is 12.3. The first-order chi connectivity index (χ1) is 11.6. The zero-order valence-corrected chi connectivity index (χ0v) is 14.1. The summed E-state index contributed by atoms with van der Waals surface area (Å²) < 4.78 is 0. The number of benzene rings is 1. The molecule has 0 aliphatic carbocycles. The number of rotatable bonds is 4. The number of carbonyl (C=O) groups is 1. The molecule has 120 valence electrons. The summed E-state index contributed by atoms with van der Waals surface area (Å²) in [7, 11) is 0. The third-order valence-corrected chi connectivity index (χ3v) is 4.01. The van der Waals surface area contributed by atoms with Gasteiger partial charge in [-0.25, -0.2) is 0 Å². The minimum atomic E-state index is -0.263. The van der Waals surface area contributed by atoms with E-state index >= 15 is 0 Å². The molecule has 6 heteroatoms. The highest BCUT2D eigenvalue weighted by Crippen LogP contribution is 2.22. The van der Waals surface area contributed by atoms with Gasteiger partial charge in [0.05, 0.1) is 16.3 Å². The van der Waals surface area contributed by atoms with Crippen molar-refractivity contribution in [2.24, 2.45) is 0 Å². The Morgan fingerprint density at radius 3 is 2.58 bits per heavy atom. The summed E-state index contributed by atoms with van der Waals surface area (Å²) >= 11 is 11.9. The van der Waals surface area contributed by atoms with Gasteiger partial charge in [-0.3, -0.25) is 14.8 Å². The Labute approximate surface area is 149 Å². The maximum Gasteiger partial charge on any atom is 0.253 e. The Morgan fingerprint density at radius 1 is 1.04 bits per heavy atom. The molecule has 1 aromatic carbocycles. The van der Waals surface area contributed by atoms with Crippen molar-refractivity contribution in [3.63, 3.8) is 0 Å². The van der Waals surface area contributed by atoms with Crippen molar-refractivity contribution >= 4 is 29.1 Å².